The number of alkyl halides is 6. The molecule has 0 fully saturated rings. The first-order valence-corrected chi connectivity index (χ1v) is 17.3. The van der Waals surface area contributed by atoms with E-state index in [-0.39, 0.29) is 50.3 Å². The van der Waals surface area contributed by atoms with Gasteiger partial charge in [0.1, 0.15) is 27.0 Å². The molecule has 0 aromatic heterocycles. The van der Waals surface area contributed by atoms with E-state index in [1.165, 1.54) is 0 Å². The Bertz CT molecular complexity index is 748. The van der Waals surface area contributed by atoms with Crippen molar-refractivity contribution >= 4 is 27.0 Å². The number of hydrogen-bond acceptors (Lipinski definition) is 4. The molecule has 0 aliphatic carbocycles. The van der Waals surface area contributed by atoms with Gasteiger partial charge in [0.2, 0.25) is 11.5 Å². The number of aliphatic hydroxyl groups excluding tert-OH is 2. The van der Waals surface area contributed by atoms with Crippen molar-refractivity contribution in [3.63, 3.8) is 0 Å². The van der Waals surface area contributed by atoms with E-state index in [1.807, 2.05) is 83.1 Å². The molecule has 0 aliphatic rings. The second-order valence-corrected chi connectivity index (χ2v) is 23.2. The SMILES string of the molecule is CC(C)[Si](C(=O)/C=C(\O)C(F)(F)F)(C(C)C)C(C)C.CC(C)[Si](C(=O)/C=C(\O)C(F)(F)F)(C(C)C)C(C)C.[Cu]. The molecule has 0 aliphatic heterocycles. The predicted molar refractivity (Wildman–Crippen MR) is 146 cm³/mol. The number of allylic oxidation sites excluding steroid dienone is 4. The van der Waals surface area contributed by atoms with Gasteiger partial charge in [-0.1, -0.05) is 83.1 Å². The van der Waals surface area contributed by atoms with Crippen LogP contribution in [-0.2, 0) is 26.7 Å². The zero-order valence-electron chi connectivity index (χ0n) is 24.9. The molecule has 0 aromatic carbocycles. The predicted octanol–water partition coefficient (Wildman–Crippen LogP) is 9.55. The van der Waals surface area contributed by atoms with Gasteiger partial charge in [0.15, 0.2) is 0 Å². The van der Waals surface area contributed by atoms with Crippen molar-refractivity contribution in [2.45, 2.75) is 129 Å². The quantitative estimate of drug-likeness (QED) is 0.106. The van der Waals surface area contributed by atoms with Gasteiger partial charge in [0.05, 0.1) is 0 Å². The molecule has 39 heavy (non-hydrogen) atoms. The molecule has 0 amide bonds. The molecular formula is C26H46CuF6O4Si2. The summed E-state index contributed by atoms with van der Waals surface area (Å²) in [6, 6.07) is 0. The second-order valence-electron chi connectivity index (χ2n) is 11.6. The van der Waals surface area contributed by atoms with Gasteiger partial charge in [0.25, 0.3) is 0 Å². The minimum absolute atomic E-state index is 0. The Hall–Kier alpha value is -1.05. The first kappa shape index (κ1) is 42.4. The van der Waals surface area contributed by atoms with Crippen LogP contribution in [0.15, 0.2) is 23.7 Å². The fraction of sp³-hybridized carbons (Fsp3) is 0.769. The molecule has 0 unspecified atom stereocenters. The Balaban J connectivity index is -0.000000648. The fourth-order valence-electron chi connectivity index (χ4n) is 6.37. The molecule has 0 heterocycles. The molecule has 0 saturated carbocycles. The molecule has 235 valence electrons. The van der Waals surface area contributed by atoms with Gasteiger partial charge in [-0.2, -0.15) is 26.3 Å². The fourth-order valence-corrected chi connectivity index (χ4v) is 18.6. The smallest absolute Gasteiger partial charge is 0.448 e. The number of rotatable bonds is 10. The summed E-state index contributed by atoms with van der Waals surface area (Å²) in [6.07, 6.45) is -8.93. The van der Waals surface area contributed by atoms with E-state index in [1.54, 1.807) is 0 Å². The number of halogens is 6. The Morgan fingerprint density at radius 2 is 0.667 bits per heavy atom. The van der Waals surface area contributed by atoms with Gasteiger partial charge < -0.3 is 19.8 Å². The Labute approximate surface area is 242 Å². The van der Waals surface area contributed by atoms with E-state index < -0.39 is 50.8 Å². The van der Waals surface area contributed by atoms with E-state index in [0.717, 1.165) is 0 Å². The first-order valence-electron chi connectivity index (χ1n) is 12.8. The van der Waals surface area contributed by atoms with E-state index >= 15 is 0 Å². The summed E-state index contributed by atoms with van der Waals surface area (Å²) in [6.45, 7) is 22.5. The van der Waals surface area contributed by atoms with E-state index in [0.29, 0.717) is 12.2 Å². The van der Waals surface area contributed by atoms with Crippen LogP contribution >= 0.6 is 0 Å². The number of hydrogen-bond donors (Lipinski definition) is 2. The molecule has 0 atom stereocenters. The van der Waals surface area contributed by atoms with Gasteiger partial charge in [-0.3, -0.25) is 0 Å². The maximum absolute atomic E-state index is 12.4. The molecule has 2 N–H and O–H groups in total. The normalized spacial score (nSPS) is 14.3. The van der Waals surface area contributed by atoms with Crippen LogP contribution in [0.2, 0.25) is 33.2 Å². The van der Waals surface area contributed by atoms with Crippen LogP contribution in [0.3, 0.4) is 0 Å². The first-order chi connectivity index (χ1) is 16.8. The summed E-state index contributed by atoms with van der Waals surface area (Å²) in [5.41, 5.74) is 0.0682. The number of aliphatic hydroxyl groups is 2. The minimum atomic E-state index is -4.86. The van der Waals surface area contributed by atoms with Crippen molar-refractivity contribution < 1.29 is 63.2 Å². The van der Waals surface area contributed by atoms with Crippen LogP contribution in [-0.4, -0.2) is 49.5 Å². The van der Waals surface area contributed by atoms with Crippen molar-refractivity contribution in [3.05, 3.63) is 23.7 Å². The van der Waals surface area contributed by atoms with Crippen LogP contribution in [0.4, 0.5) is 26.3 Å². The third kappa shape index (κ3) is 10.1. The molecule has 13 heteroatoms. The monoisotopic (exact) mass is 655 g/mol. The largest absolute Gasteiger partial charge is 0.504 e. The van der Waals surface area contributed by atoms with Crippen LogP contribution in [0.5, 0.6) is 0 Å². The second kappa shape index (κ2) is 15.8. The molecule has 1 radical (unpaired) electrons. The number of carbonyl (C=O) groups is 2. The van der Waals surface area contributed by atoms with E-state index in [9.17, 15) is 35.9 Å². The van der Waals surface area contributed by atoms with Crippen molar-refractivity contribution in [3.8, 4) is 0 Å². The van der Waals surface area contributed by atoms with Crippen LogP contribution in [0, 0.1) is 0 Å². The molecular weight excluding hydrogens is 610 g/mol. The van der Waals surface area contributed by atoms with Crippen LogP contribution in [0.25, 0.3) is 0 Å². The maximum atomic E-state index is 12.4. The van der Waals surface area contributed by atoms with Crippen LogP contribution in [0.1, 0.15) is 83.1 Å². The van der Waals surface area contributed by atoms with Gasteiger partial charge in [-0.05, 0) is 33.2 Å². The van der Waals surface area contributed by atoms with Gasteiger partial charge in [-0.25, -0.2) is 0 Å². The zero-order chi connectivity index (χ0) is 31.2. The van der Waals surface area contributed by atoms with Gasteiger partial charge in [-0.15, -0.1) is 0 Å². The summed E-state index contributed by atoms with van der Waals surface area (Å²) >= 11 is 0. The number of carbonyl (C=O) groups excluding carboxylic acids is 2. The van der Waals surface area contributed by atoms with Crippen LogP contribution < -0.4 is 0 Å². The van der Waals surface area contributed by atoms with Crippen molar-refractivity contribution in [2.24, 2.45) is 0 Å². The average Bonchev–Trinajstić information content (AvgIpc) is 2.65. The van der Waals surface area contributed by atoms with Crippen molar-refractivity contribution in [1.82, 2.24) is 0 Å². The Morgan fingerprint density at radius 3 is 0.769 bits per heavy atom. The molecule has 0 rings (SSSR count). The Kier molecular flexibility index (Phi) is 17.2. The standard InChI is InChI=1S/2C13H23F3O2Si.Cu/c2*1-8(2)19(9(3)4,10(5)6)12(18)7-11(17)13(14,15)16;/h2*7-10,17H,1-6H3;/b2*11-7-;. The van der Waals surface area contributed by atoms with Crippen molar-refractivity contribution in [1.29, 1.82) is 0 Å². The molecule has 0 bridgehead atoms. The zero-order valence-corrected chi connectivity index (χ0v) is 27.8. The van der Waals surface area contributed by atoms with E-state index in [2.05, 4.69) is 0 Å². The summed E-state index contributed by atoms with van der Waals surface area (Å²) in [4.78, 5) is 24.7. The molecule has 4 nitrogen and oxygen atoms in total. The molecule has 0 saturated heterocycles. The topological polar surface area (TPSA) is 74.6 Å². The van der Waals surface area contributed by atoms with Gasteiger partial charge in [0, 0.05) is 29.2 Å². The summed E-state index contributed by atoms with van der Waals surface area (Å²) < 4.78 is 74.1. The minimum Gasteiger partial charge on any atom is -0.504 e. The average molecular weight is 656 g/mol. The Morgan fingerprint density at radius 1 is 0.513 bits per heavy atom. The summed E-state index contributed by atoms with van der Waals surface area (Å²) in [5.74, 6) is -3.59. The third-order valence-corrected chi connectivity index (χ3v) is 21.2. The third-order valence-electron chi connectivity index (χ3n) is 7.70. The summed E-state index contributed by atoms with van der Waals surface area (Å²) in [5, 5.41) is 17.0. The van der Waals surface area contributed by atoms with E-state index in [4.69, 9.17) is 10.2 Å². The van der Waals surface area contributed by atoms with Gasteiger partial charge >= 0.3 is 12.4 Å². The molecule has 0 spiro atoms. The van der Waals surface area contributed by atoms with Crippen molar-refractivity contribution in [2.75, 3.05) is 0 Å². The summed E-state index contributed by atoms with van der Waals surface area (Å²) in [7, 11) is -5.30. The molecule has 0 aromatic rings. The maximum Gasteiger partial charge on any atom is 0.448 e.